The summed E-state index contributed by atoms with van der Waals surface area (Å²) in [5.41, 5.74) is 0.00128. The first-order valence-corrected chi connectivity index (χ1v) is 4.61. The van der Waals surface area contributed by atoms with Gasteiger partial charge in [-0.2, -0.15) is 13.2 Å². The summed E-state index contributed by atoms with van der Waals surface area (Å²) in [5.74, 6) is 0. The predicted octanol–water partition coefficient (Wildman–Crippen LogP) is 2.92. The molecule has 0 spiro atoms. The van der Waals surface area contributed by atoms with Gasteiger partial charge < -0.3 is 9.80 Å². The van der Waals surface area contributed by atoms with E-state index in [0.717, 1.165) is 12.1 Å². The van der Waals surface area contributed by atoms with Crippen molar-refractivity contribution in [3.8, 4) is 0 Å². The number of anilines is 1. The zero-order valence-electron chi connectivity index (χ0n) is 8.49. The fraction of sp³-hybridized carbons (Fsp3) is 0.182. The van der Waals surface area contributed by atoms with E-state index in [4.69, 9.17) is 0 Å². The first-order chi connectivity index (χ1) is 7.47. The molecule has 5 heteroatoms. The van der Waals surface area contributed by atoms with Crippen LogP contribution < -0.4 is 4.90 Å². The smallest absolute Gasteiger partial charge is 0.349 e. The molecule has 0 aromatic heterocycles. The molecule has 0 bridgehead atoms. The maximum absolute atomic E-state index is 12.3. The quantitative estimate of drug-likeness (QED) is 0.726. The van der Waals surface area contributed by atoms with E-state index in [0.29, 0.717) is 5.69 Å². The third-order valence-electron chi connectivity index (χ3n) is 2.18. The second-order valence-electron chi connectivity index (χ2n) is 3.42. The Kier molecular flexibility index (Phi) is 2.53. The van der Waals surface area contributed by atoms with Crippen LogP contribution >= 0.6 is 0 Å². The third-order valence-corrected chi connectivity index (χ3v) is 2.18. The van der Waals surface area contributed by atoms with Gasteiger partial charge in [0.25, 0.3) is 0 Å². The number of benzene rings is 1. The zero-order valence-corrected chi connectivity index (χ0v) is 8.49. The van der Waals surface area contributed by atoms with Gasteiger partial charge in [-0.25, -0.2) is 0 Å². The first-order valence-electron chi connectivity index (χ1n) is 4.61. The SMILES string of the molecule is CN1[C]N(c2ccc(C(F)(F)F)cc2)C=C1. The highest BCUT2D eigenvalue weighted by atomic mass is 19.4. The minimum atomic E-state index is -4.29. The highest BCUT2D eigenvalue weighted by molar-refractivity contribution is 5.53. The molecule has 2 radical (unpaired) electrons. The van der Waals surface area contributed by atoms with E-state index < -0.39 is 11.7 Å². The van der Waals surface area contributed by atoms with E-state index in [2.05, 4.69) is 6.67 Å². The second-order valence-corrected chi connectivity index (χ2v) is 3.42. The van der Waals surface area contributed by atoms with Crippen molar-refractivity contribution in [1.82, 2.24) is 4.90 Å². The molecule has 0 atom stereocenters. The topological polar surface area (TPSA) is 6.48 Å². The van der Waals surface area contributed by atoms with Gasteiger partial charge in [0, 0.05) is 25.1 Å². The van der Waals surface area contributed by atoms with E-state index in [9.17, 15) is 13.2 Å². The molecular weight excluding hydrogens is 217 g/mol. The van der Waals surface area contributed by atoms with Crippen LogP contribution in [0, 0.1) is 6.67 Å². The minimum Gasteiger partial charge on any atom is -0.349 e. The summed E-state index contributed by atoms with van der Waals surface area (Å²) >= 11 is 0. The molecular formula is C11H9F3N2. The molecule has 0 saturated heterocycles. The summed E-state index contributed by atoms with van der Waals surface area (Å²) < 4.78 is 36.9. The summed E-state index contributed by atoms with van der Waals surface area (Å²) in [4.78, 5) is 3.32. The Morgan fingerprint density at radius 1 is 1.06 bits per heavy atom. The fourth-order valence-corrected chi connectivity index (χ4v) is 1.36. The summed E-state index contributed by atoms with van der Waals surface area (Å²) in [5, 5.41) is 0. The summed E-state index contributed by atoms with van der Waals surface area (Å²) in [6, 6.07) is 4.95. The molecule has 2 nitrogen and oxygen atoms in total. The molecule has 1 aliphatic heterocycles. The van der Waals surface area contributed by atoms with Crippen LogP contribution in [0.3, 0.4) is 0 Å². The van der Waals surface area contributed by atoms with Gasteiger partial charge in [0.1, 0.15) is 0 Å². The zero-order chi connectivity index (χ0) is 11.8. The average Bonchev–Trinajstić information content (AvgIpc) is 2.64. The van der Waals surface area contributed by atoms with Crippen LogP contribution in [0.5, 0.6) is 0 Å². The lowest BCUT2D eigenvalue weighted by atomic mass is 10.2. The van der Waals surface area contributed by atoms with Crippen molar-refractivity contribution in [1.29, 1.82) is 0 Å². The van der Waals surface area contributed by atoms with Crippen LogP contribution in [0.15, 0.2) is 36.7 Å². The summed E-state index contributed by atoms with van der Waals surface area (Å²) in [7, 11) is 1.79. The van der Waals surface area contributed by atoms with Gasteiger partial charge in [-0.05, 0) is 24.3 Å². The molecule has 16 heavy (non-hydrogen) atoms. The van der Waals surface area contributed by atoms with E-state index >= 15 is 0 Å². The molecule has 1 aromatic carbocycles. The number of rotatable bonds is 1. The van der Waals surface area contributed by atoms with Crippen LogP contribution in [0.1, 0.15) is 5.56 Å². The van der Waals surface area contributed by atoms with Gasteiger partial charge in [-0.15, -0.1) is 0 Å². The van der Waals surface area contributed by atoms with Crippen LogP contribution in [-0.4, -0.2) is 11.9 Å². The number of alkyl halides is 3. The Balaban J connectivity index is 2.17. The van der Waals surface area contributed by atoms with Crippen molar-refractivity contribution in [2.75, 3.05) is 11.9 Å². The Labute approximate surface area is 91.6 Å². The lowest BCUT2D eigenvalue weighted by Gasteiger charge is -2.16. The highest BCUT2D eigenvalue weighted by Crippen LogP contribution is 2.31. The Hall–Kier alpha value is -1.65. The number of hydrogen-bond donors (Lipinski definition) is 0. The van der Waals surface area contributed by atoms with Crippen LogP contribution in [0.25, 0.3) is 0 Å². The van der Waals surface area contributed by atoms with Gasteiger partial charge >= 0.3 is 6.18 Å². The molecule has 2 rings (SSSR count). The molecule has 0 amide bonds. The van der Waals surface area contributed by atoms with Crippen molar-refractivity contribution in [3.05, 3.63) is 48.9 Å². The number of halogens is 3. The minimum absolute atomic E-state index is 0.646. The Morgan fingerprint density at radius 2 is 1.69 bits per heavy atom. The molecule has 1 aromatic rings. The van der Waals surface area contributed by atoms with Crippen molar-refractivity contribution in [2.45, 2.75) is 6.18 Å². The number of hydrogen-bond acceptors (Lipinski definition) is 2. The predicted molar refractivity (Wildman–Crippen MR) is 54.1 cm³/mol. The fourth-order valence-electron chi connectivity index (χ4n) is 1.36. The lowest BCUT2D eigenvalue weighted by molar-refractivity contribution is -0.137. The van der Waals surface area contributed by atoms with Gasteiger partial charge in [0.2, 0.25) is 6.67 Å². The maximum atomic E-state index is 12.3. The average molecular weight is 226 g/mol. The normalized spacial score (nSPS) is 16.0. The standard InChI is InChI=1S/C11H9F3N2/c1-15-6-7-16(8-15)10-4-2-9(3-5-10)11(12,13)14/h2-7H,1H3. The largest absolute Gasteiger partial charge is 0.416 e. The molecule has 84 valence electrons. The molecule has 0 saturated carbocycles. The molecule has 1 heterocycles. The monoisotopic (exact) mass is 226 g/mol. The van der Waals surface area contributed by atoms with Crippen LogP contribution in [-0.2, 0) is 6.18 Å². The van der Waals surface area contributed by atoms with E-state index in [1.54, 1.807) is 29.2 Å². The van der Waals surface area contributed by atoms with Gasteiger partial charge in [-0.1, -0.05) is 0 Å². The van der Waals surface area contributed by atoms with E-state index in [1.165, 1.54) is 12.1 Å². The van der Waals surface area contributed by atoms with Crippen molar-refractivity contribution in [2.24, 2.45) is 0 Å². The van der Waals surface area contributed by atoms with Crippen LogP contribution in [0.2, 0.25) is 0 Å². The Bertz CT molecular complexity index is 395. The van der Waals surface area contributed by atoms with Gasteiger partial charge in [0.15, 0.2) is 0 Å². The Morgan fingerprint density at radius 3 is 2.12 bits per heavy atom. The molecule has 0 unspecified atom stereocenters. The number of nitrogens with zero attached hydrogens (tertiary/aromatic N) is 2. The highest BCUT2D eigenvalue weighted by Gasteiger charge is 2.30. The molecule has 0 N–H and O–H groups in total. The van der Waals surface area contributed by atoms with Gasteiger partial charge in [-0.3, -0.25) is 0 Å². The van der Waals surface area contributed by atoms with Gasteiger partial charge in [0.05, 0.1) is 5.56 Å². The molecule has 0 fully saturated rings. The van der Waals surface area contributed by atoms with Crippen molar-refractivity contribution < 1.29 is 13.2 Å². The summed E-state index contributed by atoms with van der Waals surface area (Å²) in [6.45, 7) is 2.90. The van der Waals surface area contributed by atoms with Crippen LogP contribution in [0.4, 0.5) is 18.9 Å². The second kappa shape index (κ2) is 3.73. The maximum Gasteiger partial charge on any atom is 0.416 e. The molecule has 0 aliphatic carbocycles. The van der Waals surface area contributed by atoms with Crippen molar-refractivity contribution in [3.63, 3.8) is 0 Å². The van der Waals surface area contributed by atoms with Crippen molar-refractivity contribution >= 4 is 5.69 Å². The summed E-state index contributed by atoms with van der Waals surface area (Å²) in [6.07, 6.45) is -0.802. The third kappa shape index (κ3) is 2.13. The first kappa shape index (κ1) is 10.9. The van der Waals surface area contributed by atoms with E-state index in [-0.39, 0.29) is 0 Å². The van der Waals surface area contributed by atoms with E-state index in [1.807, 2.05) is 0 Å². The molecule has 1 aliphatic rings. The lowest BCUT2D eigenvalue weighted by Crippen LogP contribution is -2.15.